The molecule has 0 aliphatic heterocycles. The Morgan fingerprint density at radius 2 is 1.72 bits per heavy atom. The van der Waals surface area contributed by atoms with Crippen LogP contribution in [0, 0.1) is 6.92 Å². The molecule has 0 spiro atoms. The summed E-state index contributed by atoms with van der Waals surface area (Å²) in [6.07, 6.45) is 0. The number of aryl methyl sites for hydroxylation is 1. The Labute approximate surface area is 192 Å². The smallest absolute Gasteiger partial charge is 0.261 e. The van der Waals surface area contributed by atoms with Gasteiger partial charge in [-0.05, 0) is 61.2 Å². The fourth-order valence-electron chi connectivity index (χ4n) is 3.01. The maximum atomic E-state index is 12.8. The van der Waals surface area contributed by atoms with Crippen molar-refractivity contribution in [2.24, 2.45) is 0 Å². The van der Waals surface area contributed by atoms with Gasteiger partial charge in [-0.15, -0.1) is 11.3 Å². The van der Waals surface area contributed by atoms with Crippen molar-refractivity contribution in [3.8, 4) is 0 Å². The van der Waals surface area contributed by atoms with Crippen LogP contribution in [-0.4, -0.2) is 38.2 Å². The van der Waals surface area contributed by atoms with Crippen LogP contribution in [0.4, 0.5) is 5.69 Å². The van der Waals surface area contributed by atoms with E-state index in [1.54, 1.807) is 30.4 Å². The van der Waals surface area contributed by atoms with Gasteiger partial charge in [0.05, 0.1) is 23.7 Å². The third-order valence-electron chi connectivity index (χ3n) is 4.84. The molecule has 0 atom stereocenters. The van der Waals surface area contributed by atoms with Crippen LogP contribution in [-0.2, 0) is 21.4 Å². The summed E-state index contributed by atoms with van der Waals surface area (Å²) in [4.78, 5) is 27.6. The van der Waals surface area contributed by atoms with Gasteiger partial charge in [0.15, 0.2) is 0 Å². The summed E-state index contributed by atoms with van der Waals surface area (Å²) in [7, 11) is -3.79. The monoisotopic (exact) mass is 471 g/mol. The number of sulfonamides is 1. The van der Waals surface area contributed by atoms with E-state index in [1.165, 1.54) is 29.2 Å². The van der Waals surface area contributed by atoms with Crippen LogP contribution >= 0.6 is 11.3 Å². The molecule has 3 rings (SSSR count). The molecule has 2 N–H and O–H groups in total. The lowest BCUT2D eigenvalue weighted by Gasteiger charge is -2.20. The van der Waals surface area contributed by atoms with Gasteiger partial charge in [-0.3, -0.25) is 14.3 Å². The highest BCUT2D eigenvalue weighted by atomic mass is 32.2. The molecule has 0 saturated heterocycles. The molecule has 2 aromatic carbocycles. The summed E-state index contributed by atoms with van der Waals surface area (Å²) in [6.45, 7) is 4.30. The topological polar surface area (TPSA) is 95.6 Å². The maximum absolute atomic E-state index is 12.8. The van der Waals surface area contributed by atoms with Crippen LogP contribution < -0.4 is 10.0 Å². The van der Waals surface area contributed by atoms with E-state index in [0.29, 0.717) is 24.3 Å². The second kappa shape index (κ2) is 10.4. The summed E-state index contributed by atoms with van der Waals surface area (Å²) >= 11 is 1.55. The Morgan fingerprint density at radius 3 is 2.34 bits per heavy atom. The lowest BCUT2D eigenvalue weighted by molar-refractivity contribution is -0.121. The zero-order valence-corrected chi connectivity index (χ0v) is 19.5. The van der Waals surface area contributed by atoms with E-state index in [1.807, 2.05) is 36.6 Å². The van der Waals surface area contributed by atoms with E-state index in [-0.39, 0.29) is 23.3 Å². The van der Waals surface area contributed by atoms with Gasteiger partial charge in [-0.1, -0.05) is 24.3 Å². The van der Waals surface area contributed by atoms with Gasteiger partial charge >= 0.3 is 0 Å². The molecule has 0 bridgehead atoms. The highest BCUT2D eigenvalue weighted by molar-refractivity contribution is 7.92. The minimum atomic E-state index is -3.79. The molecule has 3 aromatic rings. The average molecular weight is 472 g/mol. The van der Waals surface area contributed by atoms with Crippen LogP contribution in [0.15, 0.2) is 70.9 Å². The quantitative estimate of drug-likeness (QED) is 0.498. The lowest BCUT2D eigenvalue weighted by Crippen LogP contribution is -2.40. The summed E-state index contributed by atoms with van der Waals surface area (Å²) in [6, 6.07) is 16.6. The number of hydrogen-bond acceptors (Lipinski definition) is 5. The minimum Gasteiger partial charge on any atom is -0.350 e. The van der Waals surface area contributed by atoms with Crippen molar-refractivity contribution >= 4 is 38.9 Å². The molecule has 0 aliphatic carbocycles. The first-order valence-corrected chi connectivity index (χ1v) is 12.4. The van der Waals surface area contributed by atoms with Crippen LogP contribution in [0.25, 0.3) is 0 Å². The predicted molar refractivity (Wildman–Crippen MR) is 126 cm³/mol. The number of rotatable bonds is 9. The summed E-state index contributed by atoms with van der Waals surface area (Å²) < 4.78 is 27.9. The second-order valence-electron chi connectivity index (χ2n) is 7.12. The van der Waals surface area contributed by atoms with Crippen molar-refractivity contribution < 1.29 is 18.0 Å². The van der Waals surface area contributed by atoms with Crippen LogP contribution in [0.5, 0.6) is 0 Å². The molecular formula is C23H25N3O4S2. The van der Waals surface area contributed by atoms with Crippen molar-refractivity contribution in [2.45, 2.75) is 25.3 Å². The molecule has 1 aromatic heterocycles. The molecule has 168 valence electrons. The normalized spacial score (nSPS) is 11.1. The molecule has 0 radical (unpaired) electrons. The number of carbonyl (C=O) groups excluding carboxylic acids is 2. The second-order valence-corrected chi connectivity index (χ2v) is 9.83. The molecule has 0 saturated carbocycles. The van der Waals surface area contributed by atoms with Gasteiger partial charge in [-0.2, -0.15) is 0 Å². The Hall–Kier alpha value is -3.17. The maximum Gasteiger partial charge on any atom is 0.261 e. The fourth-order valence-corrected chi connectivity index (χ4v) is 4.78. The summed E-state index contributed by atoms with van der Waals surface area (Å²) in [5, 5.41) is 4.74. The van der Waals surface area contributed by atoms with Gasteiger partial charge in [0, 0.05) is 17.0 Å². The van der Waals surface area contributed by atoms with Crippen molar-refractivity contribution in [1.82, 2.24) is 10.2 Å². The highest BCUT2D eigenvalue weighted by Gasteiger charge is 2.20. The number of likely N-dealkylation sites (N-methyl/N-ethyl adjacent to an activating group) is 1. The van der Waals surface area contributed by atoms with Gasteiger partial charge in [-0.25, -0.2) is 8.42 Å². The third kappa shape index (κ3) is 5.95. The number of anilines is 1. The predicted octanol–water partition coefficient (Wildman–Crippen LogP) is 3.64. The first-order chi connectivity index (χ1) is 15.3. The third-order valence-corrected chi connectivity index (χ3v) is 7.10. The first kappa shape index (κ1) is 23.5. The first-order valence-electron chi connectivity index (χ1n) is 10.1. The van der Waals surface area contributed by atoms with E-state index in [9.17, 15) is 18.0 Å². The van der Waals surface area contributed by atoms with E-state index >= 15 is 0 Å². The molecule has 32 heavy (non-hydrogen) atoms. The minimum absolute atomic E-state index is 0.0500. The molecular weight excluding hydrogens is 446 g/mol. The number of nitrogens with one attached hydrogen (secondary N) is 2. The van der Waals surface area contributed by atoms with Gasteiger partial charge in [0.1, 0.15) is 0 Å². The molecule has 1 heterocycles. The molecule has 0 fully saturated rings. The van der Waals surface area contributed by atoms with E-state index in [2.05, 4.69) is 10.0 Å². The fraction of sp³-hybridized carbons (Fsp3) is 0.217. The van der Waals surface area contributed by atoms with Crippen molar-refractivity contribution in [1.29, 1.82) is 0 Å². The zero-order chi connectivity index (χ0) is 23.1. The Kier molecular flexibility index (Phi) is 7.66. The Bertz CT molecular complexity index is 1170. The summed E-state index contributed by atoms with van der Waals surface area (Å²) in [5.41, 5.74) is 1.62. The van der Waals surface area contributed by atoms with Crippen LogP contribution in [0.3, 0.4) is 0 Å². The van der Waals surface area contributed by atoms with E-state index in [4.69, 9.17) is 0 Å². The van der Waals surface area contributed by atoms with Crippen LogP contribution in [0.2, 0.25) is 0 Å². The lowest BCUT2D eigenvalue weighted by atomic mass is 10.2. The number of thiophene rings is 1. The molecule has 2 amide bonds. The van der Waals surface area contributed by atoms with Crippen molar-refractivity contribution in [3.05, 3.63) is 82.0 Å². The standard InChI is InChI=1S/C23H25N3O4S2/c1-3-26(16-22(27)24-15-19-8-6-14-31-19)23(28)18-10-12-20(13-11-18)32(29,30)25-21-9-5-4-7-17(21)2/h4-14,25H,3,15-16H2,1-2H3,(H,24,27). The number of hydrogen-bond donors (Lipinski definition) is 2. The van der Waals surface area contributed by atoms with Crippen LogP contribution in [0.1, 0.15) is 27.7 Å². The number of para-hydroxylation sites is 1. The van der Waals surface area contributed by atoms with E-state index in [0.717, 1.165) is 10.4 Å². The van der Waals surface area contributed by atoms with Gasteiger partial charge < -0.3 is 10.2 Å². The zero-order valence-electron chi connectivity index (χ0n) is 17.9. The molecule has 0 aliphatic rings. The van der Waals surface area contributed by atoms with E-state index < -0.39 is 10.0 Å². The number of benzene rings is 2. The Balaban J connectivity index is 1.65. The Morgan fingerprint density at radius 1 is 1.00 bits per heavy atom. The molecule has 0 unspecified atom stereocenters. The molecule has 9 heteroatoms. The SMILES string of the molecule is CCN(CC(=O)NCc1cccs1)C(=O)c1ccc(S(=O)(=O)Nc2ccccc2C)cc1. The van der Waals surface area contributed by atoms with Crippen molar-refractivity contribution in [2.75, 3.05) is 17.8 Å². The number of amides is 2. The number of nitrogens with zero attached hydrogens (tertiary/aromatic N) is 1. The largest absolute Gasteiger partial charge is 0.350 e. The summed E-state index contributed by atoms with van der Waals surface area (Å²) in [5.74, 6) is -0.593. The van der Waals surface area contributed by atoms with Gasteiger partial charge in [0.25, 0.3) is 15.9 Å². The highest BCUT2D eigenvalue weighted by Crippen LogP contribution is 2.20. The average Bonchev–Trinajstić information content (AvgIpc) is 3.31. The molecule has 7 nitrogen and oxygen atoms in total. The van der Waals surface area contributed by atoms with Crippen molar-refractivity contribution in [3.63, 3.8) is 0 Å². The van der Waals surface area contributed by atoms with Gasteiger partial charge in [0.2, 0.25) is 5.91 Å². The number of carbonyl (C=O) groups is 2.